The van der Waals surface area contributed by atoms with Crippen molar-refractivity contribution in [3.63, 3.8) is 0 Å². The Hall–Kier alpha value is -2.37. The number of aromatic nitrogens is 6. The van der Waals surface area contributed by atoms with Crippen LogP contribution in [0.5, 0.6) is 0 Å². The molecule has 0 aliphatic carbocycles. The molecule has 0 saturated heterocycles. The Balaban J connectivity index is 1.74. The maximum atomic E-state index is 4.68. The fourth-order valence-electron chi connectivity index (χ4n) is 3.51. The van der Waals surface area contributed by atoms with Gasteiger partial charge in [-0.05, 0) is 52.7 Å². The highest BCUT2D eigenvalue weighted by Gasteiger charge is 2.27. The lowest BCUT2D eigenvalue weighted by Crippen LogP contribution is -2.30. The molecule has 0 bridgehead atoms. The van der Waals surface area contributed by atoms with Crippen LogP contribution in [0.2, 0.25) is 0 Å². The van der Waals surface area contributed by atoms with E-state index in [2.05, 4.69) is 91.4 Å². The third-order valence-electron chi connectivity index (χ3n) is 5.33. The summed E-state index contributed by atoms with van der Waals surface area (Å²) < 4.78 is 6.11. The Labute approximate surface area is 168 Å². The van der Waals surface area contributed by atoms with E-state index < -0.39 is 0 Å². The summed E-state index contributed by atoms with van der Waals surface area (Å²) in [6, 6.07) is 2.10. The van der Waals surface area contributed by atoms with Crippen LogP contribution < -0.4 is 0 Å². The highest BCUT2D eigenvalue weighted by Crippen LogP contribution is 2.28. The van der Waals surface area contributed by atoms with Gasteiger partial charge in [0.1, 0.15) is 0 Å². The van der Waals surface area contributed by atoms with E-state index in [0.717, 1.165) is 24.2 Å². The van der Waals surface area contributed by atoms with Crippen LogP contribution >= 0.6 is 0 Å². The Bertz CT molecular complexity index is 932. The van der Waals surface area contributed by atoms with Crippen molar-refractivity contribution in [2.75, 3.05) is 0 Å². The molecule has 0 amide bonds. The lowest BCUT2D eigenvalue weighted by atomic mass is 9.83. The summed E-state index contributed by atoms with van der Waals surface area (Å²) in [6.07, 6.45) is 12.0. The second-order valence-electron chi connectivity index (χ2n) is 10.2. The zero-order valence-electron chi connectivity index (χ0n) is 18.6. The zero-order chi connectivity index (χ0) is 20.7. The van der Waals surface area contributed by atoms with Gasteiger partial charge in [0.05, 0.1) is 29.5 Å². The van der Waals surface area contributed by atoms with Crippen LogP contribution in [-0.2, 0) is 36.4 Å². The molecule has 0 saturated carbocycles. The molecule has 0 aliphatic rings. The molecule has 3 aromatic rings. The van der Waals surface area contributed by atoms with Crippen LogP contribution in [-0.4, -0.2) is 29.1 Å². The summed E-state index contributed by atoms with van der Waals surface area (Å²) in [5.41, 5.74) is 3.28. The average Bonchev–Trinajstić information content (AvgIpc) is 3.26. The smallest absolute Gasteiger partial charge is 0.0954 e. The van der Waals surface area contributed by atoms with Crippen molar-refractivity contribution in [2.24, 2.45) is 7.05 Å². The molecule has 3 heterocycles. The SMILES string of the molecule is Cn1ccc(C(C)(C)Cc2cnn(C(C)(C)Cc3cn(C(C)(C)C)cn3)c2)n1. The number of nitrogens with zero attached hydrogens (tertiary/aromatic N) is 6. The van der Waals surface area contributed by atoms with Gasteiger partial charge in [0.2, 0.25) is 0 Å². The molecule has 0 fully saturated rings. The van der Waals surface area contributed by atoms with E-state index in [0.29, 0.717) is 0 Å². The van der Waals surface area contributed by atoms with E-state index in [1.807, 2.05) is 30.5 Å². The third kappa shape index (κ3) is 4.37. The molecule has 0 radical (unpaired) electrons. The molecular weight excluding hydrogens is 348 g/mol. The quantitative estimate of drug-likeness (QED) is 0.646. The van der Waals surface area contributed by atoms with Gasteiger partial charge in [0.15, 0.2) is 0 Å². The lowest BCUT2D eigenvalue weighted by molar-refractivity contribution is 0.313. The zero-order valence-corrected chi connectivity index (χ0v) is 18.6. The molecule has 0 aliphatic heterocycles. The van der Waals surface area contributed by atoms with Gasteiger partial charge in [-0.3, -0.25) is 9.36 Å². The van der Waals surface area contributed by atoms with Crippen molar-refractivity contribution in [1.82, 2.24) is 29.1 Å². The second kappa shape index (κ2) is 6.90. The van der Waals surface area contributed by atoms with Crippen molar-refractivity contribution < 1.29 is 0 Å². The molecule has 28 heavy (non-hydrogen) atoms. The van der Waals surface area contributed by atoms with Gasteiger partial charge in [0.25, 0.3) is 0 Å². The Morgan fingerprint density at radius 3 is 2.25 bits per heavy atom. The van der Waals surface area contributed by atoms with Crippen molar-refractivity contribution in [3.05, 3.63) is 54.1 Å². The van der Waals surface area contributed by atoms with E-state index in [-0.39, 0.29) is 16.5 Å². The first-order chi connectivity index (χ1) is 12.9. The van der Waals surface area contributed by atoms with Crippen molar-refractivity contribution in [1.29, 1.82) is 0 Å². The van der Waals surface area contributed by atoms with Crippen LogP contribution in [0.25, 0.3) is 0 Å². The summed E-state index contributed by atoms with van der Waals surface area (Å²) in [6.45, 7) is 15.5. The van der Waals surface area contributed by atoms with Gasteiger partial charge in [0, 0.05) is 43.0 Å². The van der Waals surface area contributed by atoms with E-state index in [9.17, 15) is 0 Å². The van der Waals surface area contributed by atoms with Crippen LogP contribution in [0.15, 0.2) is 37.2 Å². The fourth-order valence-corrected chi connectivity index (χ4v) is 3.51. The molecule has 3 rings (SSSR count). The van der Waals surface area contributed by atoms with Gasteiger partial charge >= 0.3 is 0 Å². The van der Waals surface area contributed by atoms with Crippen LogP contribution in [0.3, 0.4) is 0 Å². The molecule has 0 N–H and O–H groups in total. The standard InChI is InChI=1S/C22H34N6/c1-20(2,3)27-15-18(23-16-27)12-22(6,7)28-14-17(13-24-28)11-21(4,5)19-9-10-26(8)25-19/h9-10,13-16H,11-12H2,1-8H3. The lowest BCUT2D eigenvalue weighted by Gasteiger charge is -2.25. The highest BCUT2D eigenvalue weighted by atomic mass is 15.3. The average molecular weight is 383 g/mol. The maximum Gasteiger partial charge on any atom is 0.0954 e. The maximum absolute atomic E-state index is 4.68. The molecule has 6 heteroatoms. The number of aryl methyl sites for hydroxylation is 1. The Morgan fingerprint density at radius 2 is 1.68 bits per heavy atom. The van der Waals surface area contributed by atoms with Crippen molar-refractivity contribution in [2.45, 2.75) is 77.8 Å². The summed E-state index contributed by atoms with van der Waals surface area (Å²) >= 11 is 0. The first-order valence-electron chi connectivity index (χ1n) is 9.94. The van der Waals surface area contributed by atoms with Crippen LogP contribution in [0.4, 0.5) is 0 Å². The minimum absolute atomic E-state index is 0.0370. The normalized spacial score (nSPS) is 13.3. The summed E-state index contributed by atoms with van der Waals surface area (Å²) in [5, 5.41) is 9.27. The molecular formula is C22H34N6. The molecule has 0 spiro atoms. The van der Waals surface area contributed by atoms with Crippen LogP contribution in [0.1, 0.15) is 65.4 Å². The highest BCUT2D eigenvalue weighted by molar-refractivity contribution is 5.19. The number of hydrogen-bond acceptors (Lipinski definition) is 3. The van der Waals surface area contributed by atoms with Gasteiger partial charge < -0.3 is 4.57 Å². The van der Waals surface area contributed by atoms with Gasteiger partial charge in [-0.1, -0.05) is 13.8 Å². The van der Waals surface area contributed by atoms with Gasteiger partial charge in [-0.2, -0.15) is 10.2 Å². The fraction of sp³-hybridized carbons (Fsp3) is 0.591. The van der Waals surface area contributed by atoms with E-state index in [4.69, 9.17) is 0 Å². The van der Waals surface area contributed by atoms with Crippen molar-refractivity contribution in [3.8, 4) is 0 Å². The number of rotatable bonds is 6. The second-order valence-corrected chi connectivity index (χ2v) is 10.2. The number of imidazole rings is 1. The predicted molar refractivity (Wildman–Crippen MR) is 112 cm³/mol. The van der Waals surface area contributed by atoms with E-state index in [1.54, 1.807) is 0 Å². The number of hydrogen-bond donors (Lipinski definition) is 0. The Morgan fingerprint density at radius 1 is 0.964 bits per heavy atom. The molecule has 0 unspecified atom stereocenters. The van der Waals surface area contributed by atoms with E-state index in [1.165, 1.54) is 5.56 Å². The predicted octanol–water partition coefficient (Wildman–Crippen LogP) is 4.07. The first-order valence-corrected chi connectivity index (χ1v) is 9.94. The largest absolute Gasteiger partial charge is 0.332 e. The Kier molecular flexibility index (Phi) is 5.02. The van der Waals surface area contributed by atoms with E-state index >= 15 is 0 Å². The van der Waals surface area contributed by atoms with Gasteiger partial charge in [-0.15, -0.1) is 0 Å². The molecule has 6 nitrogen and oxygen atoms in total. The molecule has 0 atom stereocenters. The van der Waals surface area contributed by atoms with Gasteiger partial charge in [-0.25, -0.2) is 4.98 Å². The van der Waals surface area contributed by atoms with Crippen LogP contribution in [0, 0.1) is 0 Å². The minimum Gasteiger partial charge on any atom is -0.332 e. The monoisotopic (exact) mass is 382 g/mol. The molecule has 3 aromatic heterocycles. The molecule has 152 valence electrons. The molecule has 0 aromatic carbocycles. The third-order valence-corrected chi connectivity index (χ3v) is 5.33. The topological polar surface area (TPSA) is 53.5 Å². The summed E-state index contributed by atoms with van der Waals surface area (Å²) in [5.74, 6) is 0. The minimum atomic E-state index is -0.148. The summed E-state index contributed by atoms with van der Waals surface area (Å²) in [4.78, 5) is 4.61. The first kappa shape index (κ1) is 20.4. The summed E-state index contributed by atoms with van der Waals surface area (Å²) in [7, 11) is 1.96. The van der Waals surface area contributed by atoms with Crippen molar-refractivity contribution >= 4 is 0 Å².